The number of hydrogen-bond acceptors (Lipinski definition) is 4. The van der Waals surface area contributed by atoms with Gasteiger partial charge in [-0.15, -0.1) is 11.3 Å². The van der Waals surface area contributed by atoms with Crippen molar-refractivity contribution in [2.45, 2.75) is 13.0 Å². The van der Waals surface area contributed by atoms with Crippen LogP contribution in [0, 0.1) is 0 Å². The Hall–Kier alpha value is -1.78. The Morgan fingerprint density at radius 1 is 1.29 bits per heavy atom. The molecule has 4 rings (SSSR count). The van der Waals surface area contributed by atoms with E-state index in [4.69, 9.17) is 11.6 Å². The van der Waals surface area contributed by atoms with Gasteiger partial charge in [0.1, 0.15) is 5.52 Å². The summed E-state index contributed by atoms with van der Waals surface area (Å²) >= 11 is 7.96. The van der Waals surface area contributed by atoms with Crippen LogP contribution in [-0.4, -0.2) is 11.5 Å². The van der Waals surface area contributed by atoms with Crippen molar-refractivity contribution in [3.63, 3.8) is 0 Å². The fourth-order valence-corrected chi connectivity index (χ4v) is 3.72. The molecule has 0 saturated heterocycles. The third-order valence-corrected chi connectivity index (χ3v) is 4.95. The van der Waals surface area contributed by atoms with E-state index in [9.17, 15) is 0 Å². The molecule has 0 unspecified atom stereocenters. The molecule has 2 N–H and O–H groups in total. The molecule has 21 heavy (non-hydrogen) atoms. The summed E-state index contributed by atoms with van der Waals surface area (Å²) in [5, 5.41) is 7.64. The zero-order chi connectivity index (χ0) is 14.2. The predicted molar refractivity (Wildman–Crippen MR) is 90.6 cm³/mol. The predicted octanol–water partition coefficient (Wildman–Crippen LogP) is 4.53. The number of para-hydroxylation sites is 1. The molecule has 1 aromatic heterocycles. The van der Waals surface area contributed by atoms with Crippen LogP contribution in [0.4, 0.5) is 11.4 Å². The van der Waals surface area contributed by atoms with Gasteiger partial charge in [0.15, 0.2) is 0 Å². The van der Waals surface area contributed by atoms with Crippen LogP contribution < -0.4 is 10.6 Å². The Labute approximate surface area is 132 Å². The first kappa shape index (κ1) is 12.9. The minimum atomic E-state index is 0.717. The van der Waals surface area contributed by atoms with Gasteiger partial charge in [0.05, 0.1) is 20.9 Å². The normalized spacial score (nSPS) is 13.2. The van der Waals surface area contributed by atoms with Crippen molar-refractivity contribution in [1.29, 1.82) is 0 Å². The summed E-state index contributed by atoms with van der Waals surface area (Å²) < 4.78 is 1.15. The second-order valence-electron chi connectivity index (χ2n) is 5.10. The number of anilines is 2. The molecule has 106 valence electrons. The molecule has 0 atom stereocenters. The second-order valence-corrected chi connectivity index (χ2v) is 6.40. The van der Waals surface area contributed by atoms with E-state index in [1.165, 1.54) is 16.8 Å². The molecule has 0 amide bonds. The van der Waals surface area contributed by atoms with Crippen LogP contribution in [0.2, 0.25) is 5.02 Å². The quantitative estimate of drug-likeness (QED) is 0.745. The molecule has 0 saturated carbocycles. The van der Waals surface area contributed by atoms with Gasteiger partial charge in [0.25, 0.3) is 0 Å². The zero-order valence-corrected chi connectivity index (χ0v) is 12.9. The first-order valence-corrected chi connectivity index (χ1v) is 8.19. The standard InChI is InChI=1S/C16H14ClN3S/c17-12-4-5-13-16(20-9-21-13)15(12)19-8-11-3-1-2-10-6-7-18-14(10)11/h1-5,9,18-19H,6-8H2. The van der Waals surface area contributed by atoms with E-state index < -0.39 is 0 Å². The Morgan fingerprint density at radius 3 is 3.19 bits per heavy atom. The van der Waals surface area contributed by atoms with Crippen molar-refractivity contribution in [3.8, 4) is 0 Å². The lowest BCUT2D eigenvalue weighted by molar-refractivity contribution is 1.11. The minimum Gasteiger partial charge on any atom is -0.384 e. The molecular formula is C16H14ClN3S. The fraction of sp³-hybridized carbons (Fsp3) is 0.188. The SMILES string of the molecule is Clc1ccc2scnc2c1NCc1cccc2c1NCC2. The van der Waals surface area contributed by atoms with E-state index in [1.807, 2.05) is 17.6 Å². The molecule has 5 heteroatoms. The smallest absolute Gasteiger partial charge is 0.106 e. The van der Waals surface area contributed by atoms with Gasteiger partial charge < -0.3 is 10.6 Å². The van der Waals surface area contributed by atoms with Gasteiger partial charge in [0, 0.05) is 18.8 Å². The number of halogens is 1. The first-order chi connectivity index (χ1) is 10.3. The van der Waals surface area contributed by atoms with Crippen LogP contribution in [-0.2, 0) is 13.0 Å². The highest BCUT2D eigenvalue weighted by molar-refractivity contribution is 7.16. The summed E-state index contributed by atoms with van der Waals surface area (Å²) in [7, 11) is 0. The molecule has 0 radical (unpaired) electrons. The maximum Gasteiger partial charge on any atom is 0.106 e. The van der Waals surface area contributed by atoms with Crippen molar-refractivity contribution in [2.75, 3.05) is 17.2 Å². The fourth-order valence-electron chi connectivity index (χ4n) is 2.82. The van der Waals surface area contributed by atoms with Crippen LogP contribution in [0.1, 0.15) is 11.1 Å². The lowest BCUT2D eigenvalue weighted by atomic mass is 10.1. The lowest BCUT2D eigenvalue weighted by Gasteiger charge is -2.12. The maximum absolute atomic E-state index is 6.33. The first-order valence-electron chi connectivity index (χ1n) is 6.93. The van der Waals surface area contributed by atoms with E-state index in [0.717, 1.165) is 35.4 Å². The van der Waals surface area contributed by atoms with Gasteiger partial charge in [-0.1, -0.05) is 29.8 Å². The molecule has 3 aromatic rings. The highest BCUT2D eigenvalue weighted by Gasteiger charge is 2.14. The average Bonchev–Trinajstić information content (AvgIpc) is 3.14. The monoisotopic (exact) mass is 315 g/mol. The highest BCUT2D eigenvalue weighted by atomic mass is 35.5. The molecule has 1 aliphatic rings. The average molecular weight is 316 g/mol. The van der Waals surface area contributed by atoms with Crippen LogP contribution in [0.25, 0.3) is 10.2 Å². The summed E-state index contributed by atoms with van der Waals surface area (Å²) in [6.45, 7) is 1.77. The third kappa shape index (κ3) is 2.24. The van der Waals surface area contributed by atoms with Gasteiger partial charge in [0.2, 0.25) is 0 Å². The number of thiazole rings is 1. The van der Waals surface area contributed by atoms with Crippen LogP contribution in [0.5, 0.6) is 0 Å². The van der Waals surface area contributed by atoms with Crippen molar-refractivity contribution < 1.29 is 0 Å². The molecular weight excluding hydrogens is 302 g/mol. The summed E-state index contributed by atoms with van der Waals surface area (Å²) in [5.41, 5.74) is 7.67. The van der Waals surface area contributed by atoms with Crippen LogP contribution in [0.15, 0.2) is 35.8 Å². The molecule has 0 fully saturated rings. The summed E-state index contributed by atoms with van der Waals surface area (Å²) in [5.74, 6) is 0. The molecule has 3 nitrogen and oxygen atoms in total. The van der Waals surface area contributed by atoms with Crippen molar-refractivity contribution in [1.82, 2.24) is 4.98 Å². The Bertz CT molecular complexity index is 812. The highest BCUT2D eigenvalue weighted by Crippen LogP contribution is 2.33. The maximum atomic E-state index is 6.33. The van der Waals surface area contributed by atoms with E-state index in [1.54, 1.807) is 11.3 Å². The van der Waals surface area contributed by atoms with Gasteiger partial charge in [-0.05, 0) is 29.7 Å². The van der Waals surface area contributed by atoms with Gasteiger partial charge >= 0.3 is 0 Å². The second kappa shape index (κ2) is 5.20. The van der Waals surface area contributed by atoms with Crippen molar-refractivity contribution in [3.05, 3.63) is 52.0 Å². The third-order valence-electron chi connectivity index (χ3n) is 3.84. The molecule has 2 aromatic carbocycles. The van der Waals surface area contributed by atoms with E-state index >= 15 is 0 Å². The number of aromatic nitrogens is 1. The Kier molecular flexibility index (Phi) is 3.20. The number of nitrogens with one attached hydrogen (secondary N) is 2. The number of hydrogen-bond donors (Lipinski definition) is 2. The Balaban J connectivity index is 1.66. The molecule has 0 aliphatic carbocycles. The van der Waals surface area contributed by atoms with E-state index in [-0.39, 0.29) is 0 Å². The number of rotatable bonds is 3. The van der Waals surface area contributed by atoms with Gasteiger partial charge in [-0.2, -0.15) is 0 Å². The van der Waals surface area contributed by atoms with Crippen LogP contribution in [0.3, 0.4) is 0 Å². The van der Waals surface area contributed by atoms with E-state index in [2.05, 4.69) is 33.8 Å². The topological polar surface area (TPSA) is 37.0 Å². The molecule has 0 bridgehead atoms. The van der Waals surface area contributed by atoms with Crippen molar-refractivity contribution in [2.24, 2.45) is 0 Å². The molecule has 0 spiro atoms. The van der Waals surface area contributed by atoms with Crippen molar-refractivity contribution >= 4 is 44.5 Å². The summed E-state index contributed by atoms with van der Waals surface area (Å²) in [4.78, 5) is 4.42. The number of nitrogens with zero attached hydrogens (tertiary/aromatic N) is 1. The minimum absolute atomic E-state index is 0.717. The zero-order valence-electron chi connectivity index (χ0n) is 11.3. The summed E-state index contributed by atoms with van der Waals surface area (Å²) in [6.07, 6.45) is 1.10. The number of benzene rings is 2. The van der Waals surface area contributed by atoms with E-state index in [0.29, 0.717) is 5.02 Å². The molecule has 2 heterocycles. The Morgan fingerprint density at radius 2 is 2.24 bits per heavy atom. The number of fused-ring (bicyclic) bond motifs is 2. The largest absolute Gasteiger partial charge is 0.384 e. The lowest BCUT2D eigenvalue weighted by Crippen LogP contribution is -2.04. The van der Waals surface area contributed by atoms with Gasteiger partial charge in [-0.3, -0.25) is 0 Å². The molecule has 1 aliphatic heterocycles. The summed E-state index contributed by atoms with van der Waals surface area (Å²) in [6, 6.07) is 10.4. The van der Waals surface area contributed by atoms with Gasteiger partial charge in [-0.25, -0.2) is 4.98 Å². The van der Waals surface area contributed by atoms with Crippen LogP contribution >= 0.6 is 22.9 Å².